The normalized spacial score (nSPS) is 14.0. The second-order valence-electron chi connectivity index (χ2n) is 6.74. The molecule has 0 fully saturated rings. The summed E-state index contributed by atoms with van der Waals surface area (Å²) in [5, 5.41) is 3.09. The van der Waals surface area contributed by atoms with Crippen molar-refractivity contribution in [3.05, 3.63) is 95.6 Å². The number of aryl methyl sites for hydroxylation is 1. The highest BCUT2D eigenvalue weighted by molar-refractivity contribution is 5.98. The zero-order valence-corrected chi connectivity index (χ0v) is 14.9. The molecule has 1 aliphatic rings. The number of nitrogens with one attached hydrogen (secondary N) is 1. The van der Waals surface area contributed by atoms with Crippen molar-refractivity contribution in [2.75, 3.05) is 16.8 Å². The Morgan fingerprint density at radius 3 is 2.38 bits per heavy atom. The predicted molar refractivity (Wildman–Crippen MR) is 106 cm³/mol. The van der Waals surface area contributed by atoms with Gasteiger partial charge in [0.15, 0.2) is 0 Å². The molecule has 3 aromatic rings. The number of benzene rings is 3. The summed E-state index contributed by atoms with van der Waals surface area (Å²) in [5.41, 5.74) is 5.47. The molecular weight excluding hydrogens is 320 g/mol. The van der Waals surface area contributed by atoms with Gasteiger partial charge in [-0.25, -0.2) is 0 Å². The summed E-state index contributed by atoms with van der Waals surface area (Å²) in [6.45, 7) is 2.89. The molecule has 0 saturated carbocycles. The molecular formula is C23H22N2O. The minimum atomic E-state index is -0.346. The zero-order chi connectivity index (χ0) is 17.9. The molecule has 0 aromatic heterocycles. The lowest BCUT2D eigenvalue weighted by Gasteiger charge is -2.30. The van der Waals surface area contributed by atoms with Crippen molar-refractivity contribution in [1.82, 2.24) is 0 Å². The lowest BCUT2D eigenvalue weighted by atomic mass is 10.0. The van der Waals surface area contributed by atoms with Crippen molar-refractivity contribution < 1.29 is 4.79 Å². The SMILES string of the molecule is Cc1ccc(NC(=O)C(c2ccccc2)N2CCc3ccccc32)cc1. The number of rotatable bonds is 4. The van der Waals surface area contributed by atoms with E-state index in [0.29, 0.717) is 0 Å². The number of nitrogens with zero attached hydrogens (tertiary/aromatic N) is 1. The molecule has 4 rings (SSSR count). The molecule has 1 atom stereocenters. The summed E-state index contributed by atoms with van der Waals surface area (Å²) in [7, 11) is 0. The van der Waals surface area contributed by atoms with E-state index in [1.54, 1.807) is 0 Å². The van der Waals surface area contributed by atoms with Crippen LogP contribution in [0.2, 0.25) is 0 Å². The molecule has 0 radical (unpaired) electrons. The Bertz CT molecular complexity index is 903. The first-order valence-corrected chi connectivity index (χ1v) is 8.99. The average Bonchev–Trinajstić information content (AvgIpc) is 3.09. The standard InChI is InChI=1S/C23H22N2O/c1-17-11-13-20(14-12-17)24-23(26)22(19-8-3-2-4-9-19)25-16-15-18-7-5-6-10-21(18)25/h2-14,22H,15-16H2,1H3,(H,24,26). The average molecular weight is 342 g/mol. The number of carbonyl (C=O) groups excluding carboxylic acids is 1. The summed E-state index contributed by atoms with van der Waals surface area (Å²) in [6, 6.07) is 26.0. The minimum absolute atomic E-state index is 0.00300. The zero-order valence-electron chi connectivity index (χ0n) is 14.9. The fourth-order valence-corrected chi connectivity index (χ4v) is 3.59. The topological polar surface area (TPSA) is 32.3 Å². The number of carbonyl (C=O) groups is 1. The third-order valence-corrected chi connectivity index (χ3v) is 4.92. The second-order valence-corrected chi connectivity index (χ2v) is 6.74. The molecule has 1 N–H and O–H groups in total. The number of amides is 1. The number of anilines is 2. The van der Waals surface area contributed by atoms with E-state index in [4.69, 9.17) is 0 Å². The van der Waals surface area contributed by atoms with Gasteiger partial charge in [0.2, 0.25) is 0 Å². The maximum atomic E-state index is 13.2. The van der Waals surface area contributed by atoms with E-state index < -0.39 is 0 Å². The Morgan fingerprint density at radius 1 is 0.923 bits per heavy atom. The van der Waals surface area contributed by atoms with Gasteiger partial charge >= 0.3 is 0 Å². The summed E-state index contributed by atoms with van der Waals surface area (Å²) in [6.07, 6.45) is 0.970. The van der Waals surface area contributed by atoms with Gasteiger partial charge in [-0.05, 0) is 42.7 Å². The maximum Gasteiger partial charge on any atom is 0.251 e. The van der Waals surface area contributed by atoms with Crippen molar-refractivity contribution >= 4 is 17.3 Å². The highest BCUT2D eigenvalue weighted by Crippen LogP contribution is 2.35. The molecule has 1 amide bonds. The van der Waals surface area contributed by atoms with Crippen LogP contribution in [0.15, 0.2) is 78.9 Å². The van der Waals surface area contributed by atoms with Crippen LogP contribution in [-0.2, 0) is 11.2 Å². The van der Waals surface area contributed by atoms with Crippen LogP contribution in [0.25, 0.3) is 0 Å². The largest absolute Gasteiger partial charge is 0.355 e. The van der Waals surface area contributed by atoms with Gasteiger partial charge in [-0.15, -0.1) is 0 Å². The number of fused-ring (bicyclic) bond motifs is 1. The molecule has 26 heavy (non-hydrogen) atoms. The molecule has 1 heterocycles. The Labute approximate surface area is 154 Å². The summed E-state index contributed by atoms with van der Waals surface area (Å²) in [4.78, 5) is 15.5. The van der Waals surface area contributed by atoms with Crippen molar-refractivity contribution in [3.8, 4) is 0 Å². The van der Waals surface area contributed by atoms with Crippen LogP contribution in [0.3, 0.4) is 0 Å². The van der Waals surface area contributed by atoms with Crippen molar-refractivity contribution in [3.63, 3.8) is 0 Å². The number of para-hydroxylation sites is 1. The van der Waals surface area contributed by atoms with Gasteiger partial charge in [-0.2, -0.15) is 0 Å². The lowest BCUT2D eigenvalue weighted by Crippen LogP contribution is -2.36. The van der Waals surface area contributed by atoms with Gasteiger partial charge < -0.3 is 10.2 Å². The van der Waals surface area contributed by atoms with Crippen molar-refractivity contribution in [2.24, 2.45) is 0 Å². The predicted octanol–water partition coefficient (Wildman–Crippen LogP) is 4.74. The fourth-order valence-electron chi connectivity index (χ4n) is 3.59. The van der Waals surface area contributed by atoms with Gasteiger partial charge in [0.1, 0.15) is 6.04 Å². The Hall–Kier alpha value is -3.07. The van der Waals surface area contributed by atoms with Crippen LogP contribution in [-0.4, -0.2) is 12.5 Å². The van der Waals surface area contributed by atoms with Crippen LogP contribution in [0.1, 0.15) is 22.7 Å². The Morgan fingerprint density at radius 2 is 1.62 bits per heavy atom. The third-order valence-electron chi connectivity index (χ3n) is 4.92. The minimum Gasteiger partial charge on any atom is -0.355 e. The smallest absolute Gasteiger partial charge is 0.251 e. The highest BCUT2D eigenvalue weighted by atomic mass is 16.2. The molecule has 3 nitrogen and oxygen atoms in total. The second kappa shape index (κ2) is 7.04. The molecule has 3 aromatic carbocycles. The molecule has 0 aliphatic carbocycles. The first kappa shape index (κ1) is 16.4. The Kier molecular flexibility index (Phi) is 4.44. The van der Waals surface area contributed by atoms with E-state index in [1.807, 2.05) is 67.6 Å². The first-order chi connectivity index (χ1) is 12.7. The molecule has 3 heteroatoms. The van der Waals surface area contributed by atoms with E-state index in [9.17, 15) is 4.79 Å². The van der Waals surface area contributed by atoms with Gasteiger partial charge in [-0.3, -0.25) is 4.79 Å². The number of hydrogen-bond acceptors (Lipinski definition) is 2. The number of hydrogen-bond donors (Lipinski definition) is 1. The molecule has 1 aliphatic heterocycles. The first-order valence-electron chi connectivity index (χ1n) is 8.99. The van der Waals surface area contributed by atoms with Crippen LogP contribution < -0.4 is 10.2 Å². The van der Waals surface area contributed by atoms with Crippen LogP contribution in [0, 0.1) is 6.92 Å². The van der Waals surface area contributed by atoms with Gasteiger partial charge in [-0.1, -0.05) is 66.2 Å². The summed E-state index contributed by atoms with van der Waals surface area (Å²) < 4.78 is 0. The maximum absolute atomic E-state index is 13.2. The van der Waals surface area contributed by atoms with Crippen LogP contribution >= 0.6 is 0 Å². The van der Waals surface area contributed by atoms with Crippen molar-refractivity contribution in [1.29, 1.82) is 0 Å². The summed E-state index contributed by atoms with van der Waals surface area (Å²) >= 11 is 0. The molecule has 0 saturated heterocycles. The van der Waals surface area contributed by atoms with Crippen LogP contribution in [0.4, 0.5) is 11.4 Å². The van der Waals surface area contributed by atoms with Gasteiger partial charge in [0.05, 0.1) is 0 Å². The third kappa shape index (κ3) is 3.21. The highest BCUT2D eigenvalue weighted by Gasteiger charge is 2.32. The van der Waals surface area contributed by atoms with E-state index >= 15 is 0 Å². The molecule has 0 spiro atoms. The van der Waals surface area contributed by atoms with E-state index in [2.05, 4.69) is 28.4 Å². The molecule has 0 bridgehead atoms. The Balaban J connectivity index is 1.68. The van der Waals surface area contributed by atoms with E-state index in [-0.39, 0.29) is 11.9 Å². The molecule has 130 valence electrons. The summed E-state index contributed by atoms with van der Waals surface area (Å²) in [5.74, 6) is -0.00300. The monoisotopic (exact) mass is 342 g/mol. The van der Waals surface area contributed by atoms with Crippen molar-refractivity contribution in [2.45, 2.75) is 19.4 Å². The van der Waals surface area contributed by atoms with Gasteiger partial charge in [0.25, 0.3) is 5.91 Å². The lowest BCUT2D eigenvalue weighted by molar-refractivity contribution is -0.117. The van der Waals surface area contributed by atoms with Gasteiger partial charge in [0, 0.05) is 17.9 Å². The van der Waals surface area contributed by atoms with Crippen LogP contribution in [0.5, 0.6) is 0 Å². The van der Waals surface area contributed by atoms with E-state index in [0.717, 1.165) is 29.9 Å². The fraction of sp³-hybridized carbons (Fsp3) is 0.174. The van der Waals surface area contributed by atoms with E-state index in [1.165, 1.54) is 11.1 Å². The quantitative estimate of drug-likeness (QED) is 0.743. The molecule has 1 unspecified atom stereocenters.